The van der Waals surface area contributed by atoms with Crippen LogP contribution in [0.4, 0.5) is 0 Å². The highest BCUT2D eigenvalue weighted by Crippen LogP contribution is 2.26. The second-order valence-corrected chi connectivity index (χ2v) is 5.63. The molecule has 0 heterocycles. The molecule has 2 rings (SSSR count). The molecule has 2 nitrogen and oxygen atoms in total. The third-order valence-corrected chi connectivity index (χ3v) is 4.23. The van der Waals surface area contributed by atoms with Crippen molar-refractivity contribution in [3.8, 4) is 0 Å². The van der Waals surface area contributed by atoms with Crippen molar-refractivity contribution in [3.05, 3.63) is 68.3 Å². The van der Waals surface area contributed by atoms with Gasteiger partial charge in [-0.25, -0.2) is 5.43 Å². The summed E-state index contributed by atoms with van der Waals surface area (Å²) in [5, 5.41) is 0. The minimum Gasteiger partial charge on any atom is -0.271 e. The number of hydrogen-bond acceptors (Lipinski definition) is 2. The highest BCUT2D eigenvalue weighted by Gasteiger charge is 2.15. The Morgan fingerprint density at radius 3 is 2.39 bits per heavy atom. The average Bonchev–Trinajstić information content (AvgIpc) is 2.37. The Morgan fingerprint density at radius 1 is 1.06 bits per heavy atom. The van der Waals surface area contributed by atoms with E-state index in [-0.39, 0.29) is 6.04 Å². The molecular formula is C15H17IN2. The molecule has 0 saturated heterocycles. The zero-order chi connectivity index (χ0) is 13.1. The number of rotatable bonds is 3. The summed E-state index contributed by atoms with van der Waals surface area (Å²) in [5.74, 6) is 5.74. The summed E-state index contributed by atoms with van der Waals surface area (Å²) in [7, 11) is 0. The van der Waals surface area contributed by atoms with Crippen molar-refractivity contribution in [2.75, 3.05) is 0 Å². The summed E-state index contributed by atoms with van der Waals surface area (Å²) in [5.41, 5.74) is 7.92. The van der Waals surface area contributed by atoms with E-state index in [4.69, 9.17) is 5.84 Å². The standard InChI is InChI=1S/C15H17IN2/c1-10-7-8-12(9-11(10)2)15(18-17)13-5-3-4-6-14(13)16/h3-9,15,18H,17H2,1-2H3. The normalized spacial score (nSPS) is 12.4. The molecule has 0 spiro atoms. The van der Waals surface area contributed by atoms with Gasteiger partial charge >= 0.3 is 0 Å². The average molecular weight is 352 g/mol. The number of aryl methyl sites for hydroxylation is 2. The van der Waals surface area contributed by atoms with Crippen LogP contribution in [-0.2, 0) is 0 Å². The number of nitrogens with two attached hydrogens (primary N) is 1. The Labute approximate surface area is 122 Å². The van der Waals surface area contributed by atoms with Crippen LogP contribution in [0.15, 0.2) is 42.5 Å². The van der Waals surface area contributed by atoms with Crippen LogP contribution in [0, 0.1) is 17.4 Å². The number of hydrazine groups is 1. The van der Waals surface area contributed by atoms with Gasteiger partial charge in [0.15, 0.2) is 0 Å². The fraction of sp³-hybridized carbons (Fsp3) is 0.200. The first kappa shape index (κ1) is 13.5. The summed E-state index contributed by atoms with van der Waals surface area (Å²) in [4.78, 5) is 0. The smallest absolute Gasteiger partial charge is 0.0720 e. The zero-order valence-corrected chi connectivity index (χ0v) is 12.7. The molecule has 94 valence electrons. The molecule has 2 aromatic rings. The second-order valence-electron chi connectivity index (χ2n) is 4.46. The molecule has 0 aliphatic heterocycles. The van der Waals surface area contributed by atoms with E-state index in [1.165, 1.54) is 25.8 Å². The molecule has 0 aliphatic rings. The molecule has 0 saturated carbocycles. The minimum absolute atomic E-state index is 0.0393. The number of halogens is 1. The molecular weight excluding hydrogens is 335 g/mol. The van der Waals surface area contributed by atoms with E-state index in [9.17, 15) is 0 Å². The second kappa shape index (κ2) is 5.82. The number of benzene rings is 2. The van der Waals surface area contributed by atoms with Crippen molar-refractivity contribution >= 4 is 22.6 Å². The van der Waals surface area contributed by atoms with Gasteiger partial charge in [0.25, 0.3) is 0 Å². The summed E-state index contributed by atoms with van der Waals surface area (Å²) in [6.07, 6.45) is 0. The molecule has 1 unspecified atom stereocenters. The van der Waals surface area contributed by atoms with Gasteiger partial charge in [0.1, 0.15) is 0 Å². The lowest BCUT2D eigenvalue weighted by atomic mass is 9.96. The molecule has 0 radical (unpaired) electrons. The molecule has 0 bridgehead atoms. The van der Waals surface area contributed by atoms with Crippen molar-refractivity contribution in [2.45, 2.75) is 19.9 Å². The van der Waals surface area contributed by atoms with Crippen molar-refractivity contribution in [3.63, 3.8) is 0 Å². The Hall–Kier alpha value is -0.910. The van der Waals surface area contributed by atoms with Crippen LogP contribution in [0.1, 0.15) is 28.3 Å². The topological polar surface area (TPSA) is 38.0 Å². The van der Waals surface area contributed by atoms with Crippen LogP contribution < -0.4 is 11.3 Å². The van der Waals surface area contributed by atoms with Crippen LogP contribution >= 0.6 is 22.6 Å². The van der Waals surface area contributed by atoms with Gasteiger partial charge in [0.05, 0.1) is 6.04 Å². The van der Waals surface area contributed by atoms with E-state index in [1.807, 2.05) is 12.1 Å². The quantitative estimate of drug-likeness (QED) is 0.504. The predicted octanol–water partition coefficient (Wildman–Crippen LogP) is 3.46. The first-order valence-corrected chi connectivity index (χ1v) is 6.99. The monoisotopic (exact) mass is 352 g/mol. The predicted molar refractivity (Wildman–Crippen MR) is 84.2 cm³/mol. The SMILES string of the molecule is Cc1ccc(C(NN)c2ccccc2I)cc1C. The van der Waals surface area contributed by atoms with E-state index in [2.05, 4.69) is 72.2 Å². The van der Waals surface area contributed by atoms with Gasteiger partial charge in [-0.2, -0.15) is 0 Å². The van der Waals surface area contributed by atoms with Crippen molar-refractivity contribution < 1.29 is 0 Å². The molecule has 0 aromatic heterocycles. The fourth-order valence-electron chi connectivity index (χ4n) is 2.02. The maximum Gasteiger partial charge on any atom is 0.0720 e. The minimum atomic E-state index is 0.0393. The summed E-state index contributed by atoms with van der Waals surface area (Å²) in [6.45, 7) is 4.25. The van der Waals surface area contributed by atoms with Crippen LogP contribution in [-0.4, -0.2) is 0 Å². The van der Waals surface area contributed by atoms with Gasteiger partial charge in [-0.05, 0) is 64.8 Å². The van der Waals surface area contributed by atoms with Gasteiger partial charge in [-0.15, -0.1) is 0 Å². The molecule has 0 amide bonds. The van der Waals surface area contributed by atoms with E-state index in [1.54, 1.807) is 0 Å². The summed E-state index contributed by atoms with van der Waals surface area (Å²) >= 11 is 2.35. The van der Waals surface area contributed by atoms with Gasteiger partial charge in [-0.3, -0.25) is 5.84 Å². The number of nitrogens with one attached hydrogen (secondary N) is 1. The molecule has 18 heavy (non-hydrogen) atoms. The highest BCUT2D eigenvalue weighted by atomic mass is 127. The van der Waals surface area contributed by atoms with Gasteiger partial charge in [0, 0.05) is 3.57 Å². The Balaban J connectivity index is 2.45. The lowest BCUT2D eigenvalue weighted by Gasteiger charge is -2.19. The maximum atomic E-state index is 5.74. The van der Waals surface area contributed by atoms with E-state index < -0.39 is 0 Å². The van der Waals surface area contributed by atoms with E-state index >= 15 is 0 Å². The largest absolute Gasteiger partial charge is 0.271 e. The summed E-state index contributed by atoms with van der Waals surface area (Å²) < 4.78 is 1.22. The summed E-state index contributed by atoms with van der Waals surface area (Å²) in [6, 6.07) is 14.8. The Morgan fingerprint density at radius 2 is 1.78 bits per heavy atom. The van der Waals surface area contributed by atoms with E-state index in [0.29, 0.717) is 0 Å². The van der Waals surface area contributed by atoms with Gasteiger partial charge in [-0.1, -0.05) is 36.4 Å². The van der Waals surface area contributed by atoms with E-state index in [0.717, 1.165) is 0 Å². The maximum absolute atomic E-state index is 5.74. The Kier molecular flexibility index (Phi) is 4.37. The van der Waals surface area contributed by atoms with Crippen molar-refractivity contribution in [1.82, 2.24) is 5.43 Å². The molecule has 0 aliphatic carbocycles. The molecule has 3 heteroatoms. The lowest BCUT2D eigenvalue weighted by molar-refractivity contribution is 0.634. The molecule has 3 N–H and O–H groups in total. The van der Waals surface area contributed by atoms with Crippen LogP contribution in [0.25, 0.3) is 0 Å². The first-order chi connectivity index (χ1) is 8.63. The molecule has 1 atom stereocenters. The van der Waals surface area contributed by atoms with Crippen molar-refractivity contribution in [2.24, 2.45) is 5.84 Å². The van der Waals surface area contributed by atoms with Crippen molar-refractivity contribution in [1.29, 1.82) is 0 Å². The lowest BCUT2D eigenvalue weighted by Crippen LogP contribution is -2.29. The Bertz CT molecular complexity index is 552. The van der Waals surface area contributed by atoms with Crippen LogP contribution in [0.3, 0.4) is 0 Å². The highest BCUT2D eigenvalue weighted by molar-refractivity contribution is 14.1. The van der Waals surface area contributed by atoms with Gasteiger partial charge < -0.3 is 0 Å². The fourth-order valence-corrected chi connectivity index (χ4v) is 2.72. The molecule has 2 aromatic carbocycles. The van der Waals surface area contributed by atoms with Gasteiger partial charge in [0.2, 0.25) is 0 Å². The number of hydrogen-bond donors (Lipinski definition) is 2. The third-order valence-electron chi connectivity index (χ3n) is 3.25. The molecule has 0 fully saturated rings. The first-order valence-electron chi connectivity index (χ1n) is 5.91. The van der Waals surface area contributed by atoms with Crippen LogP contribution in [0.2, 0.25) is 0 Å². The van der Waals surface area contributed by atoms with Crippen LogP contribution in [0.5, 0.6) is 0 Å². The third kappa shape index (κ3) is 2.74. The zero-order valence-electron chi connectivity index (χ0n) is 10.6.